The summed E-state index contributed by atoms with van der Waals surface area (Å²) in [7, 11) is -3.49. The van der Waals surface area contributed by atoms with Crippen molar-refractivity contribution < 1.29 is 12.8 Å². The lowest BCUT2D eigenvalue weighted by Gasteiger charge is -2.04. The van der Waals surface area contributed by atoms with E-state index in [0.29, 0.717) is 5.56 Å². The van der Waals surface area contributed by atoms with Crippen LogP contribution in [0.5, 0.6) is 0 Å². The SMILES string of the molecule is Cc1ccc(S(=O)(=O)[C@H]2[C@@H](N)[C@@H]2c2cccc(F)c2)cc1. The molecule has 1 aliphatic rings. The van der Waals surface area contributed by atoms with E-state index < -0.39 is 21.1 Å². The van der Waals surface area contributed by atoms with Gasteiger partial charge in [-0.3, -0.25) is 0 Å². The predicted octanol–water partition coefficient (Wildman–Crippen LogP) is 2.40. The van der Waals surface area contributed by atoms with Crippen molar-refractivity contribution >= 4 is 9.84 Å². The van der Waals surface area contributed by atoms with Crippen LogP contribution in [0.1, 0.15) is 17.0 Å². The second-order valence-corrected chi connectivity index (χ2v) is 7.59. The molecule has 2 aromatic rings. The predicted molar refractivity (Wildman–Crippen MR) is 79.3 cm³/mol. The van der Waals surface area contributed by atoms with E-state index in [4.69, 9.17) is 5.73 Å². The average Bonchev–Trinajstić information content (AvgIpc) is 3.12. The average molecular weight is 305 g/mol. The van der Waals surface area contributed by atoms with E-state index in [1.165, 1.54) is 12.1 Å². The van der Waals surface area contributed by atoms with Crippen LogP contribution in [0.2, 0.25) is 0 Å². The van der Waals surface area contributed by atoms with Gasteiger partial charge in [0.15, 0.2) is 9.84 Å². The van der Waals surface area contributed by atoms with Crippen LogP contribution in [0.3, 0.4) is 0 Å². The molecule has 0 spiro atoms. The zero-order chi connectivity index (χ0) is 15.2. The second kappa shape index (κ2) is 4.93. The highest BCUT2D eigenvalue weighted by Crippen LogP contribution is 2.47. The van der Waals surface area contributed by atoms with Gasteiger partial charge in [0.2, 0.25) is 0 Å². The fourth-order valence-corrected chi connectivity index (χ4v) is 4.76. The van der Waals surface area contributed by atoms with Crippen LogP contribution in [0.4, 0.5) is 4.39 Å². The minimum atomic E-state index is -3.49. The molecule has 3 nitrogen and oxygen atoms in total. The molecule has 3 atom stereocenters. The third-order valence-electron chi connectivity index (χ3n) is 3.95. The molecule has 0 radical (unpaired) electrons. The maximum absolute atomic E-state index is 13.3. The first-order valence-electron chi connectivity index (χ1n) is 6.73. The fraction of sp³-hybridized carbons (Fsp3) is 0.250. The van der Waals surface area contributed by atoms with Gasteiger partial charge in [0.05, 0.1) is 10.1 Å². The summed E-state index contributed by atoms with van der Waals surface area (Å²) in [5.41, 5.74) is 7.58. The molecule has 1 fully saturated rings. The van der Waals surface area contributed by atoms with E-state index in [1.54, 1.807) is 36.4 Å². The van der Waals surface area contributed by atoms with Gasteiger partial charge in [-0.2, -0.15) is 0 Å². The van der Waals surface area contributed by atoms with Crippen molar-refractivity contribution in [3.63, 3.8) is 0 Å². The van der Waals surface area contributed by atoms with E-state index in [0.717, 1.165) is 5.56 Å². The molecule has 0 unspecified atom stereocenters. The Morgan fingerprint density at radius 2 is 1.76 bits per heavy atom. The highest BCUT2D eigenvalue weighted by Gasteiger charge is 2.57. The van der Waals surface area contributed by atoms with Crippen LogP contribution in [0, 0.1) is 12.7 Å². The number of sulfone groups is 1. The topological polar surface area (TPSA) is 60.2 Å². The molecule has 0 amide bonds. The zero-order valence-corrected chi connectivity index (χ0v) is 12.3. The van der Waals surface area contributed by atoms with Gasteiger partial charge in [-0.1, -0.05) is 29.8 Å². The first kappa shape index (κ1) is 14.2. The standard InChI is InChI=1S/C16H16FNO2S/c1-10-5-7-13(8-6-10)21(19,20)16-14(15(16)18)11-3-2-4-12(17)9-11/h2-9,14-16H,18H2,1H3/t14-,15-,16+/m0/s1. The van der Waals surface area contributed by atoms with Crippen molar-refractivity contribution in [3.8, 4) is 0 Å². The molecule has 1 aliphatic carbocycles. The number of hydrogen-bond donors (Lipinski definition) is 1. The van der Waals surface area contributed by atoms with Gasteiger partial charge in [0, 0.05) is 12.0 Å². The number of aryl methyl sites for hydroxylation is 1. The maximum atomic E-state index is 13.3. The molecule has 21 heavy (non-hydrogen) atoms. The first-order valence-corrected chi connectivity index (χ1v) is 8.27. The van der Waals surface area contributed by atoms with E-state index in [-0.39, 0.29) is 16.6 Å². The van der Waals surface area contributed by atoms with Crippen LogP contribution in [0.15, 0.2) is 53.4 Å². The van der Waals surface area contributed by atoms with Gasteiger partial charge in [-0.25, -0.2) is 12.8 Å². The highest BCUT2D eigenvalue weighted by atomic mass is 32.2. The molecule has 0 heterocycles. The minimum Gasteiger partial charge on any atom is -0.326 e. The third-order valence-corrected chi connectivity index (χ3v) is 6.20. The molecule has 5 heteroatoms. The molecule has 2 N–H and O–H groups in total. The Bertz CT molecular complexity index is 771. The molecule has 0 saturated heterocycles. The normalized spacial score (nSPS) is 24.8. The maximum Gasteiger partial charge on any atom is 0.183 e. The molecular formula is C16H16FNO2S. The van der Waals surface area contributed by atoms with Crippen molar-refractivity contribution in [2.24, 2.45) is 5.73 Å². The smallest absolute Gasteiger partial charge is 0.183 e. The van der Waals surface area contributed by atoms with Crippen LogP contribution in [0.25, 0.3) is 0 Å². The molecule has 0 aliphatic heterocycles. The van der Waals surface area contributed by atoms with E-state index in [2.05, 4.69) is 0 Å². The quantitative estimate of drug-likeness (QED) is 0.947. The van der Waals surface area contributed by atoms with Gasteiger partial charge in [-0.15, -0.1) is 0 Å². The summed E-state index contributed by atoms with van der Waals surface area (Å²) in [4.78, 5) is 0.271. The summed E-state index contributed by atoms with van der Waals surface area (Å²) in [5, 5.41) is -0.679. The van der Waals surface area contributed by atoms with Gasteiger partial charge < -0.3 is 5.73 Å². The Hall–Kier alpha value is -1.72. The number of nitrogens with two attached hydrogens (primary N) is 1. The molecule has 3 rings (SSSR count). The molecule has 0 aromatic heterocycles. The lowest BCUT2D eigenvalue weighted by Crippen LogP contribution is -2.15. The van der Waals surface area contributed by atoms with Crippen LogP contribution in [-0.2, 0) is 9.84 Å². The molecule has 2 aromatic carbocycles. The first-order chi connectivity index (χ1) is 9.91. The number of rotatable bonds is 3. The van der Waals surface area contributed by atoms with E-state index >= 15 is 0 Å². The Labute approximate surface area is 123 Å². The monoisotopic (exact) mass is 305 g/mol. The van der Waals surface area contributed by atoms with E-state index in [1.807, 2.05) is 6.92 Å². The summed E-state index contributed by atoms with van der Waals surface area (Å²) < 4.78 is 38.5. The third kappa shape index (κ3) is 2.47. The summed E-state index contributed by atoms with van der Waals surface area (Å²) in [6, 6.07) is 12.2. The Morgan fingerprint density at radius 3 is 2.38 bits per heavy atom. The number of benzene rings is 2. The zero-order valence-electron chi connectivity index (χ0n) is 11.5. The van der Waals surface area contributed by atoms with Crippen LogP contribution in [-0.4, -0.2) is 19.7 Å². The van der Waals surface area contributed by atoms with Gasteiger partial charge in [0.25, 0.3) is 0 Å². The Morgan fingerprint density at radius 1 is 1.10 bits per heavy atom. The van der Waals surface area contributed by atoms with Crippen molar-refractivity contribution in [1.82, 2.24) is 0 Å². The van der Waals surface area contributed by atoms with Crippen molar-refractivity contribution in [3.05, 3.63) is 65.5 Å². The highest BCUT2D eigenvalue weighted by molar-refractivity contribution is 7.92. The Kier molecular flexibility index (Phi) is 3.34. The van der Waals surface area contributed by atoms with Crippen LogP contribution >= 0.6 is 0 Å². The summed E-state index contributed by atoms with van der Waals surface area (Å²) >= 11 is 0. The molecule has 1 saturated carbocycles. The summed E-state index contributed by atoms with van der Waals surface area (Å²) in [6.45, 7) is 1.90. The van der Waals surface area contributed by atoms with Gasteiger partial charge in [0.1, 0.15) is 5.82 Å². The fourth-order valence-electron chi connectivity index (χ4n) is 2.72. The number of hydrogen-bond acceptors (Lipinski definition) is 3. The summed E-state index contributed by atoms with van der Waals surface area (Å²) in [5.74, 6) is -0.718. The van der Waals surface area contributed by atoms with Crippen molar-refractivity contribution in [1.29, 1.82) is 0 Å². The van der Waals surface area contributed by atoms with Crippen molar-refractivity contribution in [2.45, 2.75) is 29.0 Å². The number of halogens is 1. The van der Waals surface area contributed by atoms with Crippen molar-refractivity contribution in [2.75, 3.05) is 0 Å². The lowest BCUT2D eigenvalue weighted by atomic mass is 10.1. The largest absolute Gasteiger partial charge is 0.326 e. The minimum absolute atomic E-state index is 0.271. The van der Waals surface area contributed by atoms with Crippen LogP contribution < -0.4 is 5.73 Å². The molecular weight excluding hydrogens is 289 g/mol. The van der Waals surface area contributed by atoms with Gasteiger partial charge >= 0.3 is 0 Å². The van der Waals surface area contributed by atoms with Gasteiger partial charge in [-0.05, 0) is 36.8 Å². The van der Waals surface area contributed by atoms with E-state index in [9.17, 15) is 12.8 Å². The summed E-state index contributed by atoms with van der Waals surface area (Å²) in [6.07, 6.45) is 0. The molecule has 110 valence electrons. The Balaban J connectivity index is 1.93. The lowest BCUT2D eigenvalue weighted by molar-refractivity contribution is 0.593. The second-order valence-electron chi connectivity index (χ2n) is 5.48. The molecule has 0 bridgehead atoms.